The Hall–Kier alpha value is -1.67. The number of nitrogens with one attached hydrogen (secondary N) is 1. The molecular formula is C23H35N3O4. The topological polar surface area (TPSA) is 74.3 Å². The van der Waals surface area contributed by atoms with E-state index in [1.54, 1.807) is 12.1 Å². The molecule has 0 aliphatic carbocycles. The Morgan fingerprint density at radius 3 is 2.63 bits per heavy atom. The highest BCUT2D eigenvalue weighted by Gasteiger charge is 2.33. The number of morpholine rings is 1. The van der Waals surface area contributed by atoms with Crippen molar-refractivity contribution in [2.24, 2.45) is 11.8 Å². The SMILES string of the molecule is O=C(NCC1CCCO1)[C@@H]1C[C@H](CN2CCOCC2)CN(Cc2ccc(O)cc2)C1. The number of carbonyl (C=O) groups is 1. The van der Waals surface area contributed by atoms with Gasteiger partial charge in [-0.25, -0.2) is 0 Å². The molecule has 7 nitrogen and oxygen atoms in total. The number of hydrogen-bond acceptors (Lipinski definition) is 6. The third-order valence-electron chi connectivity index (χ3n) is 6.47. The molecule has 0 aromatic heterocycles. The van der Waals surface area contributed by atoms with Crippen LogP contribution in [0.25, 0.3) is 0 Å². The van der Waals surface area contributed by atoms with Gasteiger partial charge in [-0.05, 0) is 42.9 Å². The quantitative estimate of drug-likeness (QED) is 0.700. The fraction of sp³-hybridized carbons (Fsp3) is 0.696. The number of carbonyl (C=O) groups excluding carboxylic acids is 1. The van der Waals surface area contributed by atoms with E-state index < -0.39 is 0 Å². The van der Waals surface area contributed by atoms with Crippen LogP contribution in [0.5, 0.6) is 5.75 Å². The number of aromatic hydroxyl groups is 1. The number of benzene rings is 1. The van der Waals surface area contributed by atoms with Crippen LogP contribution in [0.1, 0.15) is 24.8 Å². The molecule has 2 N–H and O–H groups in total. The Morgan fingerprint density at radius 1 is 1.10 bits per heavy atom. The van der Waals surface area contributed by atoms with Crippen LogP contribution in [-0.2, 0) is 20.8 Å². The average Bonchev–Trinajstić information content (AvgIpc) is 3.28. The summed E-state index contributed by atoms with van der Waals surface area (Å²) in [6.45, 7) is 8.58. The molecule has 0 spiro atoms. The molecule has 1 aromatic carbocycles. The molecule has 4 rings (SSSR count). The van der Waals surface area contributed by atoms with Gasteiger partial charge in [-0.3, -0.25) is 14.6 Å². The minimum absolute atomic E-state index is 0.00306. The molecule has 3 aliphatic heterocycles. The van der Waals surface area contributed by atoms with E-state index in [0.717, 1.165) is 78.4 Å². The monoisotopic (exact) mass is 417 g/mol. The number of nitrogens with zero attached hydrogens (tertiary/aromatic N) is 2. The predicted octanol–water partition coefficient (Wildman–Crippen LogP) is 1.46. The molecule has 7 heteroatoms. The van der Waals surface area contributed by atoms with Crippen LogP contribution in [-0.4, -0.2) is 86.0 Å². The first kappa shape index (κ1) is 21.6. The van der Waals surface area contributed by atoms with E-state index in [0.29, 0.717) is 12.5 Å². The smallest absolute Gasteiger partial charge is 0.224 e. The molecule has 1 amide bonds. The molecule has 1 aromatic rings. The second-order valence-corrected chi connectivity index (χ2v) is 8.95. The molecule has 30 heavy (non-hydrogen) atoms. The highest BCUT2D eigenvalue weighted by atomic mass is 16.5. The summed E-state index contributed by atoms with van der Waals surface area (Å²) in [5, 5.41) is 12.7. The largest absolute Gasteiger partial charge is 0.508 e. The normalized spacial score (nSPS) is 28.5. The molecular weight excluding hydrogens is 382 g/mol. The minimum Gasteiger partial charge on any atom is -0.508 e. The number of phenols is 1. The maximum absolute atomic E-state index is 13.0. The molecule has 0 radical (unpaired) electrons. The van der Waals surface area contributed by atoms with Crippen LogP contribution in [0.2, 0.25) is 0 Å². The van der Waals surface area contributed by atoms with Gasteiger partial charge in [-0.15, -0.1) is 0 Å². The van der Waals surface area contributed by atoms with Gasteiger partial charge in [0.25, 0.3) is 0 Å². The zero-order valence-electron chi connectivity index (χ0n) is 17.8. The molecule has 3 fully saturated rings. The van der Waals surface area contributed by atoms with Gasteiger partial charge < -0.3 is 19.9 Å². The third-order valence-corrected chi connectivity index (χ3v) is 6.47. The molecule has 0 bridgehead atoms. The fourth-order valence-electron chi connectivity index (χ4n) is 4.93. The number of hydrogen-bond donors (Lipinski definition) is 2. The van der Waals surface area contributed by atoms with E-state index >= 15 is 0 Å². The third kappa shape index (κ3) is 6.17. The fourth-order valence-corrected chi connectivity index (χ4v) is 4.93. The summed E-state index contributed by atoms with van der Waals surface area (Å²) in [5.41, 5.74) is 1.17. The zero-order valence-corrected chi connectivity index (χ0v) is 17.8. The van der Waals surface area contributed by atoms with Crippen molar-refractivity contribution < 1.29 is 19.4 Å². The standard InChI is InChI=1S/C23H35N3O4/c27-21-5-3-18(4-6-21)14-26-16-19(15-25-7-10-29-11-8-25)12-20(17-26)23(28)24-13-22-2-1-9-30-22/h3-6,19-20,22,27H,1-2,7-17H2,(H,24,28)/t19-,20-,22?/m1/s1. The minimum atomic E-state index is 0.00306. The van der Waals surface area contributed by atoms with Crippen molar-refractivity contribution >= 4 is 5.91 Å². The Labute approximate surface area is 179 Å². The number of piperidine rings is 1. The molecule has 3 atom stereocenters. The summed E-state index contributed by atoms with van der Waals surface area (Å²) in [6, 6.07) is 7.40. The molecule has 1 unspecified atom stereocenters. The summed E-state index contributed by atoms with van der Waals surface area (Å²) in [6.07, 6.45) is 3.24. The van der Waals surface area contributed by atoms with Crippen LogP contribution in [0.4, 0.5) is 0 Å². The Morgan fingerprint density at radius 2 is 1.90 bits per heavy atom. The van der Waals surface area contributed by atoms with Gasteiger partial charge in [0, 0.05) is 52.4 Å². The highest BCUT2D eigenvalue weighted by Crippen LogP contribution is 2.25. The van der Waals surface area contributed by atoms with E-state index in [-0.39, 0.29) is 23.7 Å². The van der Waals surface area contributed by atoms with E-state index in [4.69, 9.17) is 9.47 Å². The van der Waals surface area contributed by atoms with Gasteiger partial charge in [0.05, 0.1) is 25.2 Å². The molecule has 3 aliphatic rings. The van der Waals surface area contributed by atoms with E-state index in [1.807, 2.05) is 12.1 Å². The summed E-state index contributed by atoms with van der Waals surface area (Å²) in [4.78, 5) is 17.8. The Kier molecular flexibility index (Phi) is 7.60. The number of amides is 1. The summed E-state index contributed by atoms with van der Waals surface area (Å²) in [5.74, 6) is 0.914. The zero-order chi connectivity index (χ0) is 20.8. The van der Waals surface area contributed by atoms with Crippen molar-refractivity contribution in [3.05, 3.63) is 29.8 Å². The number of ether oxygens (including phenoxy) is 2. The Balaban J connectivity index is 1.37. The van der Waals surface area contributed by atoms with Crippen LogP contribution in [0.15, 0.2) is 24.3 Å². The van der Waals surface area contributed by atoms with E-state index in [9.17, 15) is 9.90 Å². The van der Waals surface area contributed by atoms with Crippen LogP contribution < -0.4 is 5.32 Å². The predicted molar refractivity (Wildman–Crippen MR) is 114 cm³/mol. The first-order valence-corrected chi connectivity index (χ1v) is 11.4. The van der Waals surface area contributed by atoms with Gasteiger partial charge in [-0.1, -0.05) is 12.1 Å². The lowest BCUT2D eigenvalue weighted by Gasteiger charge is -2.40. The average molecular weight is 418 g/mol. The van der Waals surface area contributed by atoms with Gasteiger partial charge in [0.1, 0.15) is 5.75 Å². The van der Waals surface area contributed by atoms with Crippen molar-refractivity contribution in [1.82, 2.24) is 15.1 Å². The van der Waals surface area contributed by atoms with Crippen molar-refractivity contribution in [3.63, 3.8) is 0 Å². The lowest BCUT2D eigenvalue weighted by molar-refractivity contribution is -0.128. The van der Waals surface area contributed by atoms with Gasteiger partial charge in [0.15, 0.2) is 0 Å². The Bertz CT molecular complexity index is 672. The van der Waals surface area contributed by atoms with Crippen molar-refractivity contribution in [2.75, 3.05) is 59.1 Å². The molecule has 0 saturated carbocycles. The summed E-state index contributed by atoms with van der Waals surface area (Å²) in [7, 11) is 0. The van der Waals surface area contributed by atoms with Crippen molar-refractivity contribution in [2.45, 2.75) is 31.9 Å². The molecule has 3 heterocycles. The summed E-state index contributed by atoms with van der Waals surface area (Å²) >= 11 is 0. The lowest BCUT2D eigenvalue weighted by atomic mass is 9.87. The molecule has 3 saturated heterocycles. The van der Waals surface area contributed by atoms with Crippen molar-refractivity contribution in [3.8, 4) is 5.75 Å². The van der Waals surface area contributed by atoms with E-state index in [1.165, 1.54) is 5.56 Å². The maximum atomic E-state index is 13.0. The molecule has 166 valence electrons. The first-order valence-electron chi connectivity index (χ1n) is 11.4. The summed E-state index contributed by atoms with van der Waals surface area (Å²) < 4.78 is 11.1. The van der Waals surface area contributed by atoms with Crippen LogP contribution >= 0.6 is 0 Å². The van der Waals surface area contributed by atoms with E-state index in [2.05, 4.69) is 15.1 Å². The number of phenolic OH excluding ortho intramolecular Hbond substituents is 1. The van der Waals surface area contributed by atoms with Crippen LogP contribution in [0, 0.1) is 11.8 Å². The van der Waals surface area contributed by atoms with Gasteiger partial charge in [-0.2, -0.15) is 0 Å². The lowest BCUT2D eigenvalue weighted by Crippen LogP contribution is -2.50. The second kappa shape index (κ2) is 10.6. The van der Waals surface area contributed by atoms with Gasteiger partial charge in [0.2, 0.25) is 5.91 Å². The number of likely N-dealkylation sites (tertiary alicyclic amines) is 1. The second-order valence-electron chi connectivity index (χ2n) is 8.95. The van der Waals surface area contributed by atoms with Crippen LogP contribution in [0.3, 0.4) is 0 Å². The van der Waals surface area contributed by atoms with Crippen molar-refractivity contribution in [1.29, 1.82) is 0 Å². The van der Waals surface area contributed by atoms with Gasteiger partial charge >= 0.3 is 0 Å². The number of rotatable bonds is 7. The highest BCUT2D eigenvalue weighted by molar-refractivity contribution is 5.79. The maximum Gasteiger partial charge on any atom is 0.224 e. The first-order chi connectivity index (χ1) is 14.7.